The summed E-state index contributed by atoms with van der Waals surface area (Å²) in [6.07, 6.45) is -2.14. The first-order valence-electron chi connectivity index (χ1n) is 9.16. The van der Waals surface area contributed by atoms with Gasteiger partial charge in [0.25, 0.3) is 6.43 Å². The second kappa shape index (κ2) is 8.81. The first-order valence-corrected chi connectivity index (χ1v) is 11.0. The van der Waals surface area contributed by atoms with Gasteiger partial charge in [0.2, 0.25) is 0 Å². The molecule has 0 saturated carbocycles. The Balaban J connectivity index is 1.54. The highest BCUT2D eigenvalue weighted by molar-refractivity contribution is 7.99. The Kier molecular flexibility index (Phi) is 5.97. The minimum absolute atomic E-state index is 0.0837. The number of aromatic amines is 1. The monoisotopic (exact) mass is 442 g/mol. The average Bonchev–Trinajstić information content (AvgIpc) is 3.38. The topological polar surface area (TPSA) is 74.5 Å². The number of aromatic nitrogens is 3. The molecule has 0 amide bonds. The van der Waals surface area contributed by atoms with E-state index in [0.717, 1.165) is 15.9 Å². The maximum absolute atomic E-state index is 13.6. The maximum Gasteiger partial charge on any atom is 0.326 e. The van der Waals surface area contributed by atoms with E-state index in [1.807, 2.05) is 47.8 Å². The fourth-order valence-corrected chi connectivity index (χ4v) is 4.82. The Labute approximate surface area is 179 Å². The molecule has 0 bridgehead atoms. The van der Waals surface area contributed by atoms with Crippen molar-refractivity contribution in [2.45, 2.75) is 24.4 Å². The summed E-state index contributed by atoms with van der Waals surface area (Å²) in [5.41, 5.74) is 1.47. The molecule has 9 heteroatoms. The molecule has 0 radical (unpaired) electrons. The van der Waals surface area contributed by atoms with Crippen molar-refractivity contribution in [2.24, 2.45) is 0 Å². The van der Waals surface area contributed by atoms with Crippen LogP contribution in [0.5, 0.6) is 0 Å². The van der Waals surface area contributed by atoms with Crippen molar-refractivity contribution in [2.75, 3.05) is 5.75 Å². The number of rotatable bonds is 7. The molecule has 4 aromatic rings. The molecule has 0 saturated heterocycles. The Bertz CT molecular complexity index is 1270. The van der Waals surface area contributed by atoms with Gasteiger partial charge in [-0.2, -0.15) is 5.26 Å². The van der Waals surface area contributed by atoms with Crippen molar-refractivity contribution in [3.8, 4) is 16.6 Å². The number of halogens is 2. The van der Waals surface area contributed by atoms with Gasteiger partial charge in [-0.25, -0.2) is 18.6 Å². The Morgan fingerprint density at radius 2 is 2.10 bits per heavy atom. The summed E-state index contributed by atoms with van der Waals surface area (Å²) < 4.78 is 28.8. The number of H-pyrrole nitrogens is 1. The predicted octanol–water partition coefficient (Wildman–Crippen LogP) is 5.44. The lowest BCUT2D eigenvalue weighted by molar-refractivity contribution is 0.150. The van der Waals surface area contributed by atoms with Crippen LogP contribution in [-0.4, -0.2) is 20.3 Å². The average molecular weight is 443 g/mol. The fourth-order valence-electron chi connectivity index (χ4n) is 3.20. The minimum Gasteiger partial charge on any atom is -0.306 e. The van der Waals surface area contributed by atoms with Crippen LogP contribution in [0.4, 0.5) is 8.78 Å². The van der Waals surface area contributed by atoms with Crippen LogP contribution in [0.3, 0.4) is 0 Å². The molecule has 3 aromatic heterocycles. The highest BCUT2D eigenvalue weighted by Crippen LogP contribution is 2.34. The molecule has 1 N–H and O–H groups in total. The van der Waals surface area contributed by atoms with Gasteiger partial charge < -0.3 is 4.98 Å². The molecule has 0 atom stereocenters. The number of benzene rings is 1. The highest BCUT2D eigenvalue weighted by Gasteiger charge is 2.20. The number of thioether (sulfide) groups is 1. The van der Waals surface area contributed by atoms with Crippen molar-refractivity contribution in [3.63, 3.8) is 0 Å². The Hall–Kier alpha value is -2.96. The van der Waals surface area contributed by atoms with Gasteiger partial charge in [-0.05, 0) is 36.1 Å². The smallest absolute Gasteiger partial charge is 0.306 e. The van der Waals surface area contributed by atoms with E-state index >= 15 is 0 Å². The van der Waals surface area contributed by atoms with E-state index in [1.54, 1.807) is 4.57 Å². The zero-order valence-electron chi connectivity index (χ0n) is 15.6. The SMILES string of the molecule is N#Cc1c(C(F)F)cc(-c2cccs2)nc1SCCCn1c(=O)[nH]c2ccccc21. The molecule has 3 heterocycles. The molecular weight excluding hydrogens is 426 g/mol. The number of thiophene rings is 1. The molecule has 0 aliphatic rings. The standard InChI is InChI=1S/C21H16F2N4OS2/c22-19(23)13-11-16(18-7-3-9-29-18)25-20(14(13)12-24)30-10-4-8-27-17-6-2-1-5-15(17)26-21(27)28/h1-3,5-7,9,11,19H,4,8,10H2,(H,26,28). The zero-order valence-corrected chi connectivity index (χ0v) is 17.3. The predicted molar refractivity (Wildman–Crippen MR) is 115 cm³/mol. The molecule has 0 fully saturated rings. The van der Waals surface area contributed by atoms with E-state index in [1.165, 1.54) is 29.2 Å². The summed E-state index contributed by atoms with van der Waals surface area (Å²) in [5, 5.41) is 11.6. The second-order valence-electron chi connectivity index (χ2n) is 6.47. The maximum atomic E-state index is 13.6. The number of nitrogens with zero attached hydrogens (tertiary/aromatic N) is 3. The normalized spacial score (nSPS) is 11.3. The number of aryl methyl sites for hydroxylation is 1. The van der Waals surface area contributed by atoms with Crippen LogP contribution in [0.25, 0.3) is 21.6 Å². The van der Waals surface area contributed by atoms with Gasteiger partial charge in [0, 0.05) is 17.9 Å². The second-order valence-corrected chi connectivity index (χ2v) is 8.50. The molecule has 152 valence electrons. The summed E-state index contributed by atoms with van der Waals surface area (Å²) in [5.74, 6) is 0.532. The third-order valence-electron chi connectivity index (χ3n) is 4.58. The molecule has 4 rings (SSSR count). The third kappa shape index (κ3) is 4.01. The quantitative estimate of drug-likeness (QED) is 0.305. The molecular formula is C21H16F2N4OS2. The number of alkyl halides is 2. The summed E-state index contributed by atoms with van der Waals surface area (Å²) in [6, 6.07) is 14.3. The largest absolute Gasteiger partial charge is 0.326 e. The molecule has 0 spiro atoms. The van der Waals surface area contributed by atoms with Crippen LogP contribution in [0, 0.1) is 11.3 Å². The summed E-state index contributed by atoms with van der Waals surface area (Å²) in [4.78, 5) is 20.2. The number of imidazole rings is 1. The summed E-state index contributed by atoms with van der Waals surface area (Å²) in [6.45, 7) is 0.476. The van der Waals surface area contributed by atoms with E-state index in [4.69, 9.17) is 0 Å². The first-order chi connectivity index (χ1) is 14.6. The summed E-state index contributed by atoms with van der Waals surface area (Å²) in [7, 11) is 0. The van der Waals surface area contributed by atoms with Crippen LogP contribution in [0.15, 0.2) is 57.7 Å². The molecule has 30 heavy (non-hydrogen) atoms. The van der Waals surface area contributed by atoms with Gasteiger partial charge in [-0.15, -0.1) is 23.1 Å². The van der Waals surface area contributed by atoms with E-state index < -0.39 is 6.43 Å². The molecule has 0 unspecified atom stereocenters. The van der Waals surface area contributed by atoms with Crippen LogP contribution in [0.1, 0.15) is 24.0 Å². The molecule has 1 aromatic carbocycles. The van der Waals surface area contributed by atoms with Crippen LogP contribution < -0.4 is 5.69 Å². The first kappa shape index (κ1) is 20.3. The Morgan fingerprint density at radius 3 is 2.83 bits per heavy atom. The van der Waals surface area contributed by atoms with Gasteiger partial charge in [-0.3, -0.25) is 4.57 Å². The summed E-state index contributed by atoms with van der Waals surface area (Å²) >= 11 is 2.67. The lowest BCUT2D eigenvalue weighted by atomic mass is 10.1. The Morgan fingerprint density at radius 1 is 1.27 bits per heavy atom. The van der Waals surface area contributed by atoms with E-state index in [0.29, 0.717) is 29.4 Å². The van der Waals surface area contributed by atoms with Crippen molar-refractivity contribution in [1.82, 2.24) is 14.5 Å². The van der Waals surface area contributed by atoms with Crippen LogP contribution in [0.2, 0.25) is 0 Å². The van der Waals surface area contributed by atoms with E-state index in [2.05, 4.69) is 9.97 Å². The van der Waals surface area contributed by atoms with Crippen molar-refractivity contribution in [3.05, 3.63) is 69.5 Å². The van der Waals surface area contributed by atoms with Gasteiger partial charge in [0.05, 0.1) is 27.2 Å². The minimum atomic E-state index is -2.76. The highest BCUT2D eigenvalue weighted by atomic mass is 32.2. The van der Waals surface area contributed by atoms with E-state index in [-0.39, 0.29) is 16.8 Å². The fraction of sp³-hybridized carbons (Fsp3) is 0.190. The van der Waals surface area contributed by atoms with Crippen molar-refractivity contribution < 1.29 is 8.78 Å². The van der Waals surface area contributed by atoms with Gasteiger partial charge in [0.1, 0.15) is 11.1 Å². The number of nitriles is 1. The zero-order chi connectivity index (χ0) is 21.1. The number of nitrogens with one attached hydrogen (secondary N) is 1. The molecule has 5 nitrogen and oxygen atoms in total. The molecule has 0 aliphatic heterocycles. The van der Waals surface area contributed by atoms with Gasteiger partial charge in [0.15, 0.2) is 0 Å². The third-order valence-corrected chi connectivity index (χ3v) is 6.54. The van der Waals surface area contributed by atoms with Crippen molar-refractivity contribution >= 4 is 34.1 Å². The number of pyridine rings is 1. The lowest BCUT2D eigenvalue weighted by Crippen LogP contribution is -2.17. The van der Waals surface area contributed by atoms with Crippen LogP contribution in [-0.2, 0) is 6.54 Å². The number of para-hydroxylation sites is 2. The molecule has 0 aliphatic carbocycles. The number of fused-ring (bicyclic) bond motifs is 1. The lowest BCUT2D eigenvalue weighted by Gasteiger charge is -2.11. The van der Waals surface area contributed by atoms with Crippen LogP contribution >= 0.6 is 23.1 Å². The van der Waals surface area contributed by atoms with E-state index in [9.17, 15) is 18.8 Å². The van der Waals surface area contributed by atoms with Crippen molar-refractivity contribution in [1.29, 1.82) is 5.26 Å². The van der Waals surface area contributed by atoms with Gasteiger partial charge in [-0.1, -0.05) is 18.2 Å². The number of hydrogen-bond acceptors (Lipinski definition) is 5. The van der Waals surface area contributed by atoms with Gasteiger partial charge >= 0.3 is 5.69 Å². The number of hydrogen-bond donors (Lipinski definition) is 1.